The Hall–Kier alpha value is -1.86. The maximum Gasteiger partial charge on any atom is 0.250 e. The van der Waals surface area contributed by atoms with Crippen molar-refractivity contribution in [2.75, 3.05) is 7.11 Å². The molecule has 1 aromatic heterocycles. The molecular formula is C21H20ClNO3S2. The summed E-state index contributed by atoms with van der Waals surface area (Å²) < 4.78 is 34.2. The van der Waals surface area contributed by atoms with E-state index >= 15 is 0 Å². The highest BCUT2D eigenvalue weighted by Gasteiger charge is 2.53. The molecule has 1 aliphatic rings. The lowest BCUT2D eigenvalue weighted by Crippen LogP contribution is -2.29. The molecular weight excluding hydrogens is 414 g/mol. The first-order valence-electron chi connectivity index (χ1n) is 8.85. The van der Waals surface area contributed by atoms with Gasteiger partial charge in [-0.05, 0) is 41.8 Å². The number of benzene rings is 2. The Bertz CT molecular complexity index is 1110. The second kappa shape index (κ2) is 7.19. The zero-order chi connectivity index (χ0) is 19.9. The Balaban J connectivity index is 1.54. The third kappa shape index (κ3) is 3.57. The highest BCUT2D eigenvalue weighted by Crippen LogP contribution is 2.48. The first kappa shape index (κ1) is 19.5. The maximum absolute atomic E-state index is 12.9. The maximum atomic E-state index is 12.9. The topological polar surface area (TPSA) is 55.4 Å². The van der Waals surface area contributed by atoms with E-state index in [-0.39, 0.29) is 11.5 Å². The number of rotatable bonds is 6. The molecule has 0 radical (unpaired) electrons. The molecule has 146 valence electrons. The van der Waals surface area contributed by atoms with Crippen molar-refractivity contribution < 1.29 is 13.2 Å². The lowest BCUT2D eigenvalue weighted by atomic mass is 9.98. The van der Waals surface area contributed by atoms with Crippen molar-refractivity contribution in [2.24, 2.45) is 0 Å². The van der Waals surface area contributed by atoms with Gasteiger partial charge in [-0.3, -0.25) is 0 Å². The molecule has 28 heavy (non-hydrogen) atoms. The van der Waals surface area contributed by atoms with Crippen molar-refractivity contribution in [3.05, 3.63) is 71.2 Å². The lowest BCUT2D eigenvalue weighted by Gasteiger charge is -2.12. The van der Waals surface area contributed by atoms with E-state index in [1.54, 1.807) is 19.2 Å². The number of hydrogen-bond donors (Lipinski definition) is 1. The molecule has 7 heteroatoms. The molecule has 1 N–H and O–H groups in total. The van der Waals surface area contributed by atoms with Gasteiger partial charge >= 0.3 is 0 Å². The minimum absolute atomic E-state index is 0.0962. The van der Waals surface area contributed by atoms with Crippen LogP contribution in [0.4, 0.5) is 0 Å². The van der Waals surface area contributed by atoms with E-state index in [1.807, 2.05) is 48.5 Å². The van der Waals surface area contributed by atoms with E-state index < -0.39 is 10.0 Å². The van der Waals surface area contributed by atoms with Gasteiger partial charge in [0.1, 0.15) is 9.96 Å². The van der Waals surface area contributed by atoms with Gasteiger partial charge in [-0.1, -0.05) is 54.9 Å². The Morgan fingerprint density at radius 1 is 1.14 bits per heavy atom. The first-order chi connectivity index (χ1) is 13.3. The van der Waals surface area contributed by atoms with Crippen LogP contribution in [0.2, 0.25) is 5.02 Å². The smallest absolute Gasteiger partial charge is 0.250 e. The standard InChI is InChI=1S/C21H20ClNO3S2/c1-21(15-6-4-3-5-7-15)13-19(21)23-28(24,25)20-11-10-18(27-20)14-8-9-16(22)17(12-14)26-2/h3-12,19,23H,13H2,1-2H3/t19-,21+/m0/s1. The van der Waals surface area contributed by atoms with Crippen molar-refractivity contribution in [3.63, 3.8) is 0 Å². The number of thiophene rings is 1. The van der Waals surface area contributed by atoms with Crippen molar-refractivity contribution in [1.82, 2.24) is 4.72 Å². The normalized spacial score (nSPS) is 21.5. The molecule has 2 atom stereocenters. The average Bonchev–Trinajstić information content (AvgIpc) is 3.09. The predicted molar refractivity (Wildman–Crippen MR) is 114 cm³/mol. The molecule has 0 spiro atoms. The molecule has 0 unspecified atom stereocenters. The second-order valence-electron chi connectivity index (χ2n) is 7.13. The third-order valence-electron chi connectivity index (χ3n) is 5.25. The summed E-state index contributed by atoms with van der Waals surface area (Å²) in [5, 5.41) is 0.520. The number of sulfonamides is 1. The van der Waals surface area contributed by atoms with Crippen LogP contribution in [-0.4, -0.2) is 21.6 Å². The lowest BCUT2D eigenvalue weighted by molar-refractivity contribution is 0.415. The number of nitrogens with one attached hydrogen (secondary N) is 1. The molecule has 0 aliphatic heterocycles. The van der Waals surface area contributed by atoms with Crippen LogP contribution in [0.5, 0.6) is 5.75 Å². The van der Waals surface area contributed by atoms with Crippen molar-refractivity contribution in [2.45, 2.75) is 29.0 Å². The fourth-order valence-corrected chi connectivity index (χ4v) is 6.22. The van der Waals surface area contributed by atoms with E-state index in [4.69, 9.17) is 16.3 Å². The van der Waals surface area contributed by atoms with E-state index in [1.165, 1.54) is 11.3 Å². The molecule has 0 bridgehead atoms. The van der Waals surface area contributed by atoms with Gasteiger partial charge in [0.25, 0.3) is 0 Å². The van der Waals surface area contributed by atoms with Gasteiger partial charge in [-0.15, -0.1) is 11.3 Å². The summed E-state index contributed by atoms with van der Waals surface area (Å²) in [6.07, 6.45) is 0.795. The highest BCUT2D eigenvalue weighted by molar-refractivity contribution is 7.91. The molecule has 1 aliphatic carbocycles. The minimum atomic E-state index is -3.58. The SMILES string of the molecule is COc1cc(-c2ccc(S(=O)(=O)N[C@H]3C[C@]3(C)c3ccccc3)s2)ccc1Cl. The highest BCUT2D eigenvalue weighted by atomic mass is 35.5. The summed E-state index contributed by atoms with van der Waals surface area (Å²) >= 11 is 7.31. The summed E-state index contributed by atoms with van der Waals surface area (Å²) in [4.78, 5) is 0.844. The van der Waals surface area contributed by atoms with Crippen LogP contribution in [0.1, 0.15) is 18.9 Å². The molecule has 4 nitrogen and oxygen atoms in total. The van der Waals surface area contributed by atoms with Crippen molar-refractivity contribution in [3.8, 4) is 16.2 Å². The average molecular weight is 434 g/mol. The van der Waals surface area contributed by atoms with E-state index in [0.717, 1.165) is 22.4 Å². The molecule has 4 rings (SSSR count). The van der Waals surface area contributed by atoms with Gasteiger partial charge in [0.15, 0.2) is 0 Å². The molecule has 3 aromatic rings. The molecule has 0 amide bonds. The number of methoxy groups -OCH3 is 1. The van der Waals surface area contributed by atoms with Crippen LogP contribution in [0, 0.1) is 0 Å². The zero-order valence-corrected chi connectivity index (χ0v) is 17.9. The van der Waals surface area contributed by atoms with Crippen molar-refractivity contribution in [1.29, 1.82) is 0 Å². The summed E-state index contributed by atoms with van der Waals surface area (Å²) in [5.41, 5.74) is 1.87. The van der Waals surface area contributed by atoms with Crippen molar-refractivity contribution >= 4 is 33.0 Å². The molecule has 1 saturated carbocycles. The van der Waals surface area contributed by atoms with Crippen LogP contribution >= 0.6 is 22.9 Å². The Kier molecular flexibility index (Phi) is 5.00. The molecule has 1 fully saturated rings. The summed E-state index contributed by atoms with van der Waals surface area (Å²) in [6, 6.07) is 18.8. The van der Waals surface area contributed by atoms with Gasteiger partial charge in [0.05, 0.1) is 12.1 Å². The minimum Gasteiger partial charge on any atom is -0.495 e. The molecule has 2 aromatic carbocycles. The first-order valence-corrected chi connectivity index (χ1v) is 11.5. The van der Waals surface area contributed by atoms with E-state index in [2.05, 4.69) is 11.6 Å². The summed E-state index contributed by atoms with van der Waals surface area (Å²) in [6.45, 7) is 2.09. The summed E-state index contributed by atoms with van der Waals surface area (Å²) in [7, 11) is -2.02. The Labute approximate surface area is 174 Å². The van der Waals surface area contributed by atoms with Crippen LogP contribution in [0.25, 0.3) is 10.4 Å². The number of halogens is 1. The monoisotopic (exact) mass is 433 g/mol. The second-order valence-corrected chi connectivity index (χ2v) is 10.6. The molecule has 1 heterocycles. The fraction of sp³-hybridized carbons (Fsp3) is 0.238. The predicted octanol–water partition coefficient (Wildman–Crippen LogP) is 5.09. The largest absolute Gasteiger partial charge is 0.495 e. The summed E-state index contributed by atoms with van der Waals surface area (Å²) in [5.74, 6) is 0.562. The van der Waals surface area contributed by atoms with E-state index in [0.29, 0.717) is 15.0 Å². The van der Waals surface area contributed by atoms with Gasteiger partial charge in [-0.25, -0.2) is 13.1 Å². The van der Waals surface area contributed by atoms with Gasteiger partial charge in [-0.2, -0.15) is 0 Å². The Morgan fingerprint density at radius 3 is 2.61 bits per heavy atom. The van der Waals surface area contributed by atoms with Gasteiger partial charge in [0, 0.05) is 16.3 Å². The van der Waals surface area contributed by atoms with Crippen LogP contribution in [0.15, 0.2) is 64.9 Å². The number of hydrogen-bond acceptors (Lipinski definition) is 4. The van der Waals surface area contributed by atoms with Crippen LogP contribution < -0.4 is 9.46 Å². The Morgan fingerprint density at radius 2 is 1.89 bits per heavy atom. The quantitative estimate of drug-likeness (QED) is 0.589. The van der Waals surface area contributed by atoms with E-state index in [9.17, 15) is 8.42 Å². The van der Waals surface area contributed by atoms with Gasteiger partial charge in [0.2, 0.25) is 10.0 Å². The van der Waals surface area contributed by atoms with Crippen LogP contribution in [-0.2, 0) is 15.4 Å². The third-order valence-corrected chi connectivity index (χ3v) is 8.66. The fourth-order valence-electron chi connectivity index (χ4n) is 3.35. The molecule has 0 saturated heterocycles. The number of ether oxygens (including phenoxy) is 1. The van der Waals surface area contributed by atoms with Crippen LogP contribution in [0.3, 0.4) is 0 Å². The van der Waals surface area contributed by atoms with Gasteiger partial charge < -0.3 is 4.74 Å². The zero-order valence-electron chi connectivity index (χ0n) is 15.5.